The second-order valence-electron chi connectivity index (χ2n) is 6.38. The molecular formula is C19H23N3. The smallest absolute Gasteiger partial charge is 0.128 e. The second kappa shape index (κ2) is 6.09. The number of rotatable bonds is 2. The minimum absolute atomic E-state index is 0.723. The van der Waals surface area contributed by atoms with Crippen LogP contribution in [0, 0.1) is 0 Å². The van der Waals surface area contributed by atoms with Gasteiger partial charge in [-0.15, -0.1) is 0 Å². The van der Waals surface area contributed by atoms with Crippen LogP contribution < -0.4 is 4.90 Å². The fourth-order valence-electron chi connectivity index (χ4n) is 3.85. The van der Waals surface area contributed by atoms with Crippen molar-refractivity contribution in [3.63, 3.8) is 0 Å². The van der Waals surface area contributed by atoms with Crippen LogP contribution in [0.25, 0.3) is 0 Å². The van der Waals surface area contributed by atoms with Crippen molar-refractivity contribution >= 4 is 5.82 Å². The highest BCUT2D eigenvalue weighted by Gasteiger charge is 2.27. The Kier molecular flexibility index (Phi) is 3.81. The van der Waals surface area contributed by atoms with Crippen LogP contribution in [0.5, 0.6) is 0 Å². The van der Waals surface area contributed by atoms with E-state index in [-0.39, 0.29) is 0 Å². The highest BCUT2D eigenvalue weighted by molar-refractivity contribution is 5.38. The van der Waals surface area contributed by atoms with Crippen molar-refractivity contribution in [1.82, 2.24) is 9.88 Å². The third-order valence-corrected chi connectivity index (χ3v) is 5.12. The van der Waals surface area contributed by atoms with Gasteiger partial charge in [0.2, 0.25) is 0 Å². The predicted molar refractivity (Wildman–Crippen MR) is 90.3 cm³/mol. The Labute approximate surface area is 132 Å². The normalized spacial score (nSPS) is 22.4. The molecule has 1 fully saturated rings. The van der Waals surface area contributed by atoms with Crippen molar-refractivity contribution in [2.24, 2.45) is 0 Å². The number of hydrogen-bond donors (Lipinski definition) is 0. The summed E-state index contributed by atoms with van der Waals surface area (Å²) in [5, 5.41) is 0. The van der Waals surface area contributed by atoms with Gasteiger partial charge in [-0.25, -0.2) is 4.98 Å². The summed E-state index contributed by atoms with van der Waals surface area (Å²) >= 11 is 0. The maximum atomic E-state index is 4.48. The summed E-state index contributed by atoms with van der Waals surface area (Å²) in [5.74, 6) is 1.12. The van der Waals surface area contributed by atoms with Gasteiger partial charge in [0.05, 0.1) is 0 Å². The van der Waals surface area contributed by atoms with Crippen LogP contribution in [0.1, 0.15) is 17.5 Å². The van der Waals surface area contributed by atoms with Crippen molar-refractivity contribution in [2.45, 2.75) is 25.3 Å². The number of nitrogens with zero attached hydrogens (tertiary/aromatic N) is 3. The fourth-order valence-corrected chi connectivity index (χ4v) is 3.85. The van der Waals surface area contributed by atoms with E-state index in [9.17, 15) is 0 Å². The van der Waals surface area contributed by atoms with Crippen molar-refractivity contribution in [1.29, 1.82) is 0 Å². The molecule has 2 aromatic rings. The number of aryl methyl sites for hydroxylation is 1. The average Bonchev–Trinajstić information content (AvgIpc) is 2.62. The lowest BCUT2D eigenvalue weighted by atomic mass is 9.87. The van der Waals surface area contributed by atoms with Crippen LogP contribution in [0.3, 0.4) is 0 Å². The highest BCUT2D eigenvalue weighted by atomic mass is 15.3. The standard InChI is InChI=1S/C19H23N3/c1-2-6-17-15-18(9-8-16(17)5-1)21-11-13-22(14-12-21)19-7-3-4-10-20-19/h1-7,10,18H,8-9,11-15H2/t18-/m1/s1. The molecule has 0 spiro atoms. The van der Waals surface area contributed by atoms with Gasteiger partial charge in [-0.3, -0.25) is 4.90 Å². The molecule has 3 nitrogen and oxygen atoms in total. The molecule has 0 N–H and O–H groups in total. The van der Waals surface area contributed by atoms with Crippen molar-refractivity contribution in [3.8, 4) is 0 Å². The van der Waals surface area contributed by atoms with E-state index in [4.69, 9.17) is 0 Å². The van der Waals surface area contributed by atoms with Gasteiger partial charge in [-0.05, 0) is 42.5 Å². The number of aromatic nitrogens is 1. The van der Waals surface area contributed by atoms with E-state index in [2.05, 4.69) is 51.2 Å². The molecule has 1 saturated heterocycles. The molecule has 2 heterocycles. The maximum absolute atomic E-state index is 4.48. The molecule has 1 atom stereocenters. The first-order chi connectivity index (χ1) is 10.9. The Hall–Kier alpha value is -1.87. The zero-order valence-electron chi connectivity index (χ0n) is 13.0. The van der Waals surface area contributed by atoms with Crippen LogP contribution in [0.2, 0.25) is 0 Å². The summed E-state index contributed by atoms with van der Waals surface area (Å²) in [6, 6.07) is 15.9. The summed E-state index contributed by atoms with van der Waals surface area (Å²) in [6.07, 6.45) is 5.65. The molecule has 0 radical (unpaired) electrons. The molecule has 1 aliphatic heterocycles. The molecule has 0 bridgehead atoms. The number of hydrogen-bond acceptors (Lipinski definition) is 3. The molecule has 3 heteroatoms. The number of benzene rings is 1. The molecule has 2 aliphatic rings. The minimum Gasteiger partial charge on any atom is -0.354 e. The number of anilines is 1. The summed E-state index contributed by atoms with van der Waals surface area (Å²) < 4.78 is 0. The average molecular weight is 293 g/mol. The minimum atomic E-state index is 0.723. The zero-order valence-corrected chi connectivity index (χ0v) is 13.0. The quantitative estimate of drug-likeness (QED) is 0.849. The van der Waals surface area contributed by atoms with Crippen LogP contribution in [-0.2, 0) is 12.8 Å². The molecule has 4 rings (SSSR count). The van der Waals surface area contributed by atoms with Gasteiger partial charge < -0.3 is 4.90 Å². The van der Waals surface area contributed by atoms with Gasteiger partial charge in [-0.2, -0.15) is 0 Å². The van der Waals surface area contributed by atoms with Crippen LogP contribution in [0.4, 0.5) is 5.82 Å². The Balaban J connectivity index is 1.38. The molecule has 0 unspecified atom stereocenters. The van der Waals surface area contributed by atoms with Crippen molar-refractivity contribution in [2.75, 3.05) is 31.1 Å². The molecule has 22 heavy (non-hydrogen) atoms. The van der Waals surface area contributed by atoms with Gasteiger partial charge in [0.25, 0.3) is 0 Å². The van der Waals surface area contributed by atoms with Gasteiger partial charge in [-0.1, -0.05) is 30.3 Å². The largest absolute Gasteiger partial charge is 0.354 e. The summed E-state index contributed by atoms with van der Waals surface area (Å²) in [6.45, 7) is 4.50. The van der Waals surface area contributed by atoms with E-state index in [0.29, 0.717) is 0 Å². The molecule has 1 aromatic carbocycles. The lowest BCUT2D eigenvalue weighted by Gasteiger charge is -2.41. The van der Waals surface area contributed by atoms with Crippen LogP contribution in [-0.4, -0.2) is 42.1 Å². The molecule has 0 amide bonds. The molecule has 1 aliphatic carbocycles. The van der Waals surface area contributed by atoms with E-state index < -0.39 is 0 Å². The van der Waals surface area contributed by atoms with Crippen molar-refractivity contribution < 1.29 is 0 Å². The van der Waals surface area contributed by atoms with E-state index in [1.165, 1.54) is 19.3 Å². The van der Waals surface area contributed by atoms with Gasteiger partial charge in [0, 0.05) is 38.4 Å². The van der Waals surface area contributed by atoms with E-state index >= 15 is 0 Å². The molecule has 1 aromatic heterocycles. The van der Waals surface area contributed by atoms with E-state index in [1.54, 1.807) is 11.1 Å². The molecular weight excluding hydrogens is 270 g/mol. The summed E-state index contributed by atoms with van der Waals surface area (Å²) in [4.78, 5) is 9.58. The molecule has 0 saturated carbocycles. The summed E-state index contributed by atoms with van der Waals surface area (Å²) in [5.41, 5.74) is 3.12. The number of fused-ring (bicyclic) bond motifs is 1. The predicted octanol–water partition coefficient (Wildman–Crippen LogP) is 2.76. The monoisotopic (exact) mass is 293 g/mol. The van der Waals surface area contributed by atoms with Gasteiger partial charge >= 0.3 is 0 Å². The fraction of sp³-hybridized carbons (Fsp3) is 0.421. The van der Waals surface area contributed by atoms with Gasteiger partial charge in [0.1, 0.15) is 5.82 Å². The number of pyridine rings is 1. The SMILES string of the molecule is c1ccc(N2CCN([C@@H]3CCc4ccccc4C3)CC2)nc1. The lowest BCUT2D eigenvalue weighted by molar-refractivity contribution is 0.169. The van der Waals surface area contributed by atoms with E-state index in [1.807, 2.05) is 12.3 Å². The number of piperazine rings is 1. The Morgan fingerprint density at radius 1 is 0.864 bits per heavy atom. The Morgan fingerprint density at radius 2 is 1.64 bits per heavy atom. The zero-order chi connectivity index (χ0) is 14.8. The van der Waals surface area contributed by atoms with Gasteiger partial charge in [0.15, 0.2) is 0 Å². The lowest BCUT2D eigenvalue weighted by Crippen LogP contribution is -2.52. The molecule has 114 valence electrons. The third kappa shape index (κ3) is 2.73. The van der Waals surface area contributed by atoms with Crippen LogP contribution in [0.15, 0.2) is 48.7 Å². The third-order valence-electron chi connectivity index (χ3n) is 5.12. The first kappa shape index (κ1) is 13.8. The Morgan fingerprint density at radius 3 is 2.41 bits per heavy atom. The first-order valence-electron chi connectivity index (χ1n) is 8.37. The topological polar surface area (TPSA) is 19.4 Å². The maximum Gasteiger partial charge on any atom is 0.128 e. The summed E-state index contributed by atoms with van der Waals surface area (Å²) in [7, 11) is 0. The highest BCUT2D eigenvalue weighted by Crippen LogP contribution is 2.25. The second-order valence-corrected chi connectivity index (χ2v) is 6.38. The van der Waals surface area contributed by atoms with E-state index in [0.717, 1.165) is 38.0 Å². The Bertz CT molecular complexity index is 618. The first-order valence-corrected chi connectivity index (χ1v) is 8.37. The van der Waals surface area contributed by atoms with Crippen molar-refractivity contribution in [3.05, 3.63) is 59.8 Å². The van der Waals surface area contributed by atoms with Crippen LogP contribution >= 0.6 is 0 Å².